The minimum Gasteiger partial charge on any atom is -0.389 e. The standard InChI is InChI=1S/C16H23FN2O2/c1-11(20)16-14(17)4-3-5-15(16)19-8-6-13(7-9-19)10-18-12(2)21/h3-5,11,13,20H,6-10H2,1-2H3,(H,18,21)/t11-/m1/s1. The number of rotatable bonds is 4. The van der Waals surface area contributed by atoms with Crippen LogP contribution in [0.3, 0.4) is 0 Å². The summed E-state index contributed by atoms with van der Waals surface area (Å²) < 4.78 is 13.9. The van der Waals surface area contributed by atoms with E-state index in [0.717, 1.165) is 31.6 Å². The largest absolute Gasteiger partial charge is 0.389 e. The van der Waals surface area contributed by atoms with E-state index in [4.69, 9.17) is 0 Å². The molecule has 1 aromatic carbocycles. The third kappa shape index (κ3) is 3.94. The molecule has 1 heterocycles. The lowest BCUT2D eigenvalue weighted by Gasteiger charge is -2.35. The number of aliphatic hydroxyl groups excluding tert-OH is 1. The molecule has 0 radical (unpaired) electrons. The minimum atomic E-state index is -0.821. The molecule has 21 heavy (non-hydrogen) atoms. The lowest BCUT2D eigenvalue weighted by atomic mass is 9.95. The van der Waals surface area contributed by atoms with Crippen LogP contribution in [0, 0.1) is 11.7 Å². The van der Waals surface area contributed by atoms with Gasteiger partial charge in [-0.3, -0.25) is 4.79 Å². The van der Waals surface area contributed by atoms with Crippen molar-refractivity contribution in [2.24, 2.45) is 5.92 Å². The average molecular weight is 294 g/mol. The van der Waals surface area contributed by atoms with Gasteiger partial charge in [0.1, 0.15) is 5.82 Å². The smallest absolute Gasteiger partial charge is 0.216 e. The van der Waals surface area contributed by atoms with Gasteiger partial charge in [0, 0.05) is 37.8 Å². The van der Waals surface area contributed by atoms with Crippen molar-refractivity contribution in [1.82, 2.24) is 5.32 Å². The van der Waals surface area contributed by atoms with E-state index in [1.54, 1.807) is 13.0 Å². The highest BCUT2D eigenvalue weighted by Gasteiger charge is 2.23. The lowest BCUT2D eigenvalue weighted by molar-refractivity contribution is -0.119. The van der Waals surface area contributed by atoms with Crippen LogP contribution in [0.4, 0.5) is 10.1 Å². The fourth-order valence-electron chi connectivity index (χ4n) is 2.88. The van der Waals surface area contributed by atoms with Crippen LogP contribution in [0.2, 0.25) is 0 Å². The van der Waals surface area contributed by atoms with Crippen LogP contribution in [0.5, 0.6) is 0 Å². The number of hydrogen-bond acceptors (Lipinski definition) is 3. The molecule has 1 aliphatic heterocycles. The third-order valence-corrected chi connectivity index (χ3v) is 4.04. The Hall–Kier alpha value is -1.62. The first-order chi connectivity index (χ1) is 9.99. The molecular weight excluding hydrogens is 271 g/mol. The second-order valence-corrected chi connectivity index (χ2v) is 5.72. The molecule has 0 bridgehead atoms. The maximum absolute atomic E-state index is 13.9. The van der Waals surface area contributed by atoms with Crippen LogP contribution in [0.15, 0.2) is 18.2 Å². The van der Waals surface area contributed by atoms with E-state index in [-0.39, 0.29) is 11.7 Å². The first-order valence-electron chi connectivity index (χ1n) is 7.45. The zero-order valence-electron chi connectivity index (χ0n) is 12.6. The Morgan fingerprint density at radius 1 is 1.48 bits per heavy atom. The van der Waals surface area contributed by atoms with E-state index in [1.165, 1.54) is 13.0 Å². The van der Waals surface area contributed by atoms with E-state index in [0.29, 0.717) is 18.0 Å². The molecule has 2 rings (SSSR count). The normalized spacial score (nSPS) is 17.6. The summed E-state index contributed by atoms with van der Waals surface area (Å²) in [4.78, 5) is 13.1. The monoisotopic (exact) mass is 294 g/mol. The van der Waals surface area contributed by atoms with Gasteiger partial charge in [0.2, 0.25) is 5.91 Å². The summed E-state index contributed by atoms with van der Waals surface area (Å²) in [6, 6.07) is 4.92. The first kappa shape index (κ1) is 15.8. The van der Waals surface area contributed by atoms with Gasteiger partial charge < -0.3 is 15.3 Å². The quantitative estimate of drug-likeness (QED) is 0.895. The molecule has 0 aromatic heterocycles. The summed E-state index contributed by atoms with van der Waals surface area (Å²) in [7, 11) is 0. The fourth-order valence-corrected chi connectivity index (χ4v) is 2.88. The third-order valence-electron chi connectivity index (χ3n) is 4.04. The summed E-state index contributed by atoms with van der Waals surface area (Å²) >= 11 is 0. The second kappa shape index (κ2) is 6.89. The predicted octanol–water partition coefficient (Wildman–Crippen LogP) is 2.23. The van der Waals surface area contributed by atoms with E-state index >= 15 is 0 Å². The SMILES string of the molecule is CC(=O)NCC1CCN(c2cccc(F)c2[C@@H](C)O)CC1. The van der Waals surface area contributed by atoms with Crippen LogP contribution < -0.4 is 10.2 Å². The van der Waals surface area contributed by atoms with Crippen LogP contribution in [0.25, 0.3) is 0 Å². The Morgan fingerprint density at radius 3 is 2.71 bits per heavy atom. The Labute approximate surface area is 125 Å². The summed E-state index contributed by atoms with van der Waals surface area (Å²) in [5.74, 6) is 0.107. The maximum Gasteiger partial charge on any atom is 0.216 e. The number of anilines is 1. The molecule has 116 valence electrons. The molecule has 0 spiro atoms. The summed E-state index contributed by atoms with van der Waals surface area (Å²) in [5.41, 5.74) is 1.15. The number of nitrogens with one attached hydrogen (secondary N) is 1. The zero-order chi connectivity index (χ0) is 15.4. The topological polar surface area (TPSA) is 52.6 Å². The van der Waals surface area contributed by atoms with Crippen molar-refractivity contribution in [3.8, 4) is 0 Å². The molecule has 1 fully saturated rings. The number of carbonyl (C=O) groups is 1. The van der Waals surface area contributed by atoms with Crippen molar-refractivity contribution < 1.29 is 14.3 Å². The predicted molar refractivity (Wildman–Crippen MR) is 80.7 cm³/mol. The number of halogens is 1. The molecule has 1 atom stereocenters. The minimum absolute atomic E-state index is 0.000971. The number of piperidine rings is 1. The summed E-state index contributed by atoms with van der Waals surface area (Å²) in [6.45, 7) is 5.44. The highest BCUT2D eigenvalue weighted by atomic mass is 19.1. The zero-order valence-corrected chi connectivity index (χ0v) is 12.6. The van der Waals surface area contributed by atoms with Crippen molar-refractivity contribution in [2.75, 3.05) is 24.5 Å². The van der Waals surface area contributed by atoms with Crippen molar-refractivity contribution in [3.05, 3.63) is 29.6 Å². The molecule has 0 saturated carbocycles. The number of carbonyl (C=O) groups excluding carboxylic acids is 1. The van der Waals surface area contributed by atoms with Crippen molar-refractivity contribution in [3.63, 3.8) is 0 Å². The number of amides is 1. The molecule has 0 aliphatic carbocycles. The average Bonchev–Trinajstić information content (AvgIpc) is 2.45. The molecule has 4 nitrogen and oxygen atoms in total. The van der Waals surface area contributed by atoms with Crippen molar-refractivity contribution in [2.45, 2.75) is 32.8 Å². The van der Waals surface area contributed by atoms with Gasteiger partial charge in [-0.25, -0.2) is 4.39 Å². The molecule has 0 unspecified atom stereocenters. The number of hydrogen-bond donors (Lipinski definition) is 2. The highest BCUT2D eigenvalue weighted by Crippen LogP contribution is 2.31. The summed E-state index contributed by atoms with van der Waals surface area (Å²) in [5, 5.41) is 12.7. The van der Waals surface area contributed by atoms with Gasteiger partial charge in [0.05, 0.1) is 6.10 Å². The van der Waals surface area contributed by atoms with Gasteiger partial charge in [-0.15, -0.1) is 0 Å². The Balaban J connectivity index is 2.02. The van der Waals surface area contributed by atoms with Crippen molar-refractivity contribution >= 4 is 11.6 Å². The van der Waals surface area contributed by atoms with Crippen molar-refractivity contribution in [1.29, 1.82) is 0 Å². The Morgan fingerprint density at radius 2 is 2.14 bits per heavy atom. The van der Waals surface area contributed by atoms with Gasteiger partial charge in [0.15, 0.2) is 0 Å². The molecule has 1 aliphatic rings. The van der Waals surface area contributed by atoms with Crippen LogP contribution in [-0.2, 0) is 4.79 Å². The van der Waals surface area contributed by atoms with E-state index < -0.39 is 6.10 Å². The van der Waals surface area contributed by atoms with Crippen LogP contribution in [-0.4, -0.2) is 30.6 Å². The van der Waals surface area contributed by atoms with Gasteiger partial charge in [0.25, 0.3) is 0 Å². The van der Waals surface area contributed by atoms with E-state index in [1.807, 2.05) is 6.07 Å². The fraction of sp³-hybridized carbons (Fsp3) is 0.562. The summed E-state index contributed by atoms with van der Waals surface area (Å²) in [6.07, 6.45) is 1.09. The van der Waals surface area contributed by atoms with Gasteiger partial charge in [-0.1, -0.05) is 6.07 Å². The Kier molecular flexibility index (Phi) is 5.17. The first-order valence-corrected chi connectivity index (χ1v) is 7.45. The Bertz CT molecular complexity index is 497. The number of aliphatic hydroxyl groups is 1. The van der Waals surface area contributed by atoms with Gasteiger partial charge in [-0.05, 0) is 37.8 Å². The molecule has 1 aromatic rings. The molecule has 2 N–H and O–H groups in total. The maximum atomic E-state index is 13.9. The van der Waals surface area contributed by atoms with Crippen LogP contribution >= 0.6 is 0 Å². The number of nitrogens with zero attached hydrogens (tertiary/aromatic N) is 1. The number of benzene rings is 1. The molecular formula is C16H23FN2O2. The van der Waals surface area contributed by atoms with Crippen LogP contribution in [0.1, 0.15) is 38.4 Å². The molecule has 1 saturated heterocycles. The second-order valence-electron chi connectivity index (χ2n) is 5.72. The molecule has 5 heteroatoms. The highest BCUT2D eigenvalue weighted by molar-refractivity contribution is 5.72. The molecule has 1 amide bonds. The van der Waals surface area contributed by atoms with Gasteiger partial charge >= 0.3 is 0 Å². The van der Waals surface area contributed by atoms with E-state index in [2.05, 4.69) is 10.2 Å². The lowest BCUT2D eigenvalue weighted by Crippen LogP contribution is -2.38. The van der Waals surface area contributed by atoms with E-state index in [9.17, 15) is 14.3 Å². The van der Waals surface area contributed by atoms with Gasteiger partial charge in [-0.2, -0.15) is 0 Å².